The van der Waals surface area contributed by atoms with E-state index in [9.17, 15) is 19.2 Å². The minimum absolute atomic E-state index is 0.00681. The fourth-order valence-electron chi connectivity index (χ4n) is 5.18. The first-order valence-electron chi connectivity index (χ1n) is 9.25. The predicted molar refractivity (Wildman–Crippen MR) is 97.4 cm³/mol. The van der Waals surface area contributed by atoms with Crippen LogP contribution in [0.3, 0.4) is 0 Å². The lowest BCUT2D eigenvalue weighted by Gasteiger charge is -2.55. The standard InChI is InChI=1S/C20H20ClNO6/c1-27-18(26)20-15(24)8-7-14(23)19(20)10-9-13(22(19)21)11-16(20)28-17(25)12-5-3-2-4-6-12/h2-6,13,16H,7-11H2,1H3. The summed E-state index contributed by atoms with van der Waals surface area (Å²) < 4.78 is 12.0. The number of rotatable bonds is 3. The van der Waals surface area contributed by atoms with E-state index in [4.69, 9.17) is 21.3 Å². The lowest BCUT2D eigenvalue weighted by Crippen LogP contribution is -2.76. The zero-order chi connectivity index (χ0) is 20.1. The van der Waals surface area contributed by atoms with Gasteiger partial charge in [-0.1, -0.05) is 18.2 Å². The lowest BCUT2D eigenvalue weighted by atomic mass is 9.55. The average molecular weight is 406 g/mol. The second-order valence-electron chi connectivity index (χ2n) is 7.51. The van der Waals surface area contributed by atoms with Gasteiger partial charge in [0.2, 0.25) is 0 Å². The van der Waals surface area contributed by atoms with Gasteiger partial charge in [-0.25, -0.2) is 9.21 Å². The molecule has 8 heteroatoms. The van der Waals surface area contributed by atoms with Crippen molar-refractivity contribution in [1.29, 1.82) is 0 Å². The van der Waals surface area contributed by atoms with Gasteiger partial charge >= 0.3 is 11.9 Å². The molecule has 1 aliphatic carbocycles. The molecule has 2 aliphatic heterocycles. The third kappa shape index (κ3) is 2.26. The Balaban J connectivity index is 1.84. The van der Waals surface area contributed by atoms with Crippen LogP contribution in [0.5, 0.6) is 0 Å². The third-order valence-corrected chi connectivity index (χ3v) is 6.96. The van der Waals surface area contributed by atoms with Gasteiger partial charge in [-0.2, -0.15) is 0 Å². The van der Waals surface area contributed by atoms with Crippen LogP contribution in [0.25, 0.3) is 0 Å². The summed E-state index contributed by atoms with van der Waals surface area (Å²) in [7, 11) is 1.16. The Morgan fingerprint density at radius 2 is 1.82 bits per heavy atom. The Labute approximate surface area is 167 Å². The molecule has 4 rings (SSSR count). The zero-order valence-corrected chi connectivity index (χ0v) is 16.1. The molecule has 2 bridgehead atoms. The number of Topliss-reactive ketones (excluding diaryl/α,β-unsaturated/α-hetero) is 2. The first kappa shape index (κ1) is 19.1. The minimum atomic E-state index is -1.95. The van der Waals surface area contributed by atoms with E-state index < -0.39 is 34.8 Å². The van der Waals surface area contributed by atoms with Gasteiger partial charge < -0.3 is 9.47 Å². The molecule has 2 heterocycles. The Bertz CT molecular complexity index is 848. The number of esters is 2. The topological polar surface area (TPSA) is 90.0 Å². The molecule has 1 aromatic carbocycles. The molecule has 0 aromatic heterocycles. The molecular formula is C20H20ClNO6. The molecular weight excluding hydrogens is 386 g/mol. The molecule has 4 atom stereocenters. The summed E-state index contributed by atoms with van der Waals surface area (Å²) in [5, 5.41) is 0. The highest BCUT2D eigenvalue weighted by Crippen LogP contribution is 2.60. The Morgan fingerprint density at radius 1 is 1.14 bits per heavy atom. The number of carbonyl (C=O) groups is 4. The summed E-state index contributed by atoms with van der Waals surface area (Å²) in [4.78, 5) is 52.1. The molecule has 4 unspecified atom stereocenters. The largest absolute Gasteiger partial charge is 0.468 e. The van der Waals surface area contributed by atoms with Crippen molar-refractivity contribution in [1.82, 2.24) is 4.42 Å². The maximum atomic E-state index is 13.2. The van der Waals surface area contributed by atoms with E-state index >= 15 is 0 Å². The van der Waals surface area contributed by atoms with Crippen molar-refractivity contribution in [2.45, 2.75) is 49.8 Å². The molecule has 148 valence electrons. The predicted octanol–water partition coefficient (Wildman–Crippen LogP) is 2.06. The summed E-state index contributed by atoms with van der Waals surface area (Å²) in [5.41, 5.74) is -3.19. The number of benzene rings is 1. The number of methoxy groups -OCH3 is 1. The fraction of sp³-hybridized carbons (Fsp3) is 0.500. The van der Waals surface area contributed by atoms with Gasteiger partial charge in [0.1, 0.15) is 11.6 Å². The zero-order valence-electron chi connectivity index (χ0n) is 15.4. The van der Waals surface area contributed by atoms with Gasteiger partial charge in [0.05, 0.1) is 12.7 Å². The van der Waals surface area contributed by atoms with Crippen molar-refractivity contribution in [3.63, 3.8) is 0 Å². The highest BCUT2D eigenvalue weighted by Gasteiger charge is 2.78. The Morgan fingerprint density at radius 3 is 2.50 bits per heavy atom. The van der Waals surface area contributed by atoms with Gasteiger partial charge in [-0.15, -0.1) is 0 Å². The van der Waals surface area contributed by atoms with E-state index in [1.165, 1.54) is 4.42 Å². The number of carbonyl (C=O) groups excluding carboxylic acids is 4. The number of hydrogen-bond donors (Lipinski definition) is 0. The monoisotopic (exact) mass is 405 g/mol. The van der Waals surface area contributed by atoms with Gasteiger partial charge in [0, 0.05) is 25.3 Å². The quantitative estimate of drug-likeness (QED) is 0.432. The Hall–Kier alpha value is -2.25. The van der Waals surface area contributed by atoms with E-state index in [1.807, 2.05) is 0 Å². The van der Waals surface area contributed by atoms with Crippen LogP contribution in [0.4, 0.5) is 0 Å². The van der Waals surface area contributed by atoms with E-state index in [-0.39, 0.29) is 37.5 Å². The molecule has 1 saturated carbocycles. The van der Waals surface area contributed by atoms with E-state index in [2.05, 4.69) is 0 Å². The van der Waals surface area contributed by atoms with Crippen molar-refractivity contribution in [3.8, 4) is 0 Å². The number of nitrogens with zero attached hydrogens (tertiary/aromatic N) is 1. The highest BCUT2D eigenvalue weighted by molar-refractivity contribution is 6.22. The van der Waals surface area contributed by atoms with Crippen LogP contribution in [-0.2, 0) is 23.9 Å². The normalized spacial score (nSPS) is 34.6. The van der Waals surface area contributed by atoms with Crippen LogP contribution >= 0.6 is 11.8 Å². The first-order chi connectivity index (χ1) is 13.4. The summed E-state index contributed by atoms with van der Waals surface area (Å²) in [6.07, 6.45) is -0.261. The van der Waals surface area contributed by atoms with Crippen LogP contribution in [0.15, 0.2) is 30.3 Å². The third-order valence-electron chi connectivity index (χ3n) is 6.39. The van der Waals surface area contributed by atoms with Crippen molar-refractivity contribution in [3.05, 3.63) is 35.9 Å². The second kappa shape index (κ2) is 6.67. The van der Waals surface area contributed by atoms with Crippen LogP contribution in [0, 0.1) is 5.41 Å². The molecule has 0 amide bonds. The summed E-state index contributed by atoms with van der Waals surface area (Å²) in [5.74, 6) is -2.27. The van der Waals surface area contributed by atoms with E-state index in [0.29, 0.717) is 12.0 Å². The molecule has 7 nitrogen and oxygen atoms in total. The fourth-order valence-corrected chi connectivity index (χ4v) is 5.67. The Kier molecular flexibility index (Phi) is 4.55. The van der Waals surface area contributed by atoms with Gasteiger partial charge in [0.25, 0.3) is 0 Å². The van der Waals surface area contributed by atoms with Crippen LogP contribution in [-0.4, -0.2) is 52.7 Å². The van der Waals surface area contributed by atoms with Gasteiger partial charge in [-0.05, 0) is 36.8 Å². The van der Waals surface area contributed by atoms with Crippen molar-refractivity contribution in [2.75, 3.05) is 7.11 Å². The highest BCUT2D eigenvalue weighted by atomic mass is 35.5. The maximum absolute atomic E-state index is 13.2. The SMILES string of the molecule is COC(=O)C12C(=O)CCC(=O)C13CCC(CC2OC(=O)c1ccccc1)N3Cl. The minimum Gasteiger partial charge on any atom is -0.468 e. The molecule has 1 spiro atoms. The molecule has 0 N–H and O–H groups in total. The van der Waals surface area contributed by atoms with Crippen LogP contribution in [0.1, 0.15) is 42.5 Å². The van der Waals surface area contributed by atoms with Crippen molar-refractivity contribution < 1.29 is 28.7 Å². The number of hydrogen-bond acceptors (Lipinski definition) is 7. The first-order valence-corrected chi connectivity index (χ1v) is 9.59. The molecule has 3 fully saturated rings. The summed E-state index contributed by atoms with van der Waals surface area (Å²) in [6.45, 7) is 0. The second-order valence-corrected chi connectivity index (χ2v) is 7.87. The molecule has 1 aromatic rings. The molecule has 0 radical (unpaired) electrons. The molecule has 28 heavy (non-hydrogen) atoms. The van der Waals surface area contributed by atoms with Gasteiger partial charge in [0.15, 0.2) is 17.0 Å². The average Bonchev–Trinajstić information content (AvgIpc) is 2.93. The van der Waals surface area contributed by atoms with Crippen molar-refractivity contribution >= 4 is 35.3 Å². The lowest BCUT2D eigenvalue weighted by molar-refractivity contribution is -0.193. The number of piperidine rings is 1. The van der Waals surface area contributed by atoms with Crippen molar-refractivity contribution in [2.24, 2.45) is 5.41 Å². The van der Waals surface area contributed by atoms with E-state index in [1.54, 1.807) is 30.3 Å². The number of ketones is 2. The molecule has 2 saturated heterocycles. The smallest absolute Gasteiger partial charge is 0.338 e. The number of halogens is 1. The van der Waals surface area contributed by atoms with Crippen LogP contribution in [0.2, 0.25) is 0 Å². The number of ether oxygens (including phenoxy) is 2. The van der Waals surface area contributed by atoms with Crippen LogP contribution < -0.4 is 0 Å². The molecule has 3 aliphatic rings. The maximum Gasteiger partial charge on any atom is 0.338 e. The summed E-state index contributed by atoms with van der Waals surface area (Å²) in [6, 6.07) is 8.03. The number of fused-ring (bicyclic) bond motifs is 1. The summed E-state index contributed by atoms with van der Waals surface area (Å²) >= 11 is 6.53. The van der Waals surface area contributed by atoms with E-state index in [0.717, 1.165) is 7.11 Å². The van der Waals surface area contributed by atoms with Gasteiger partial charge in [-0.3, -0.25) is 14.4 Å².